The maximum Gasteiger partial charge on any atom is 0.314 e. The predicted octanol–water partition coefficient (Wildman–Crippen LogP) is 3.59. The van der Waals surface area contributed by atoms with Gasteiger partial charge in [-0.1, -0.05) is 35.3 Å². The second-order valence-electron chi connectivity index (χ2n) is 5.12. The van der Waals surface area contributed by atoms with Gasteiger partial charge < -0.3 is 15.7 Å². The summed E-state index contributed by atoms with van der Waals surface area (Å²) in [5.74, 6) is -2.61. The van der Waals surface area contributed by atoms with E-state index in [0.717, 1.165) is 5.56 Å². The van der Waals surface area contributed by atoms with Crippen LogP contribution in [-0.4, -0.2) is 22.9 Å². The Labute approximate surface area is 153 Å². The number of benzene rings is 2. The fourth-order valence-electron chi connectivity index (χ4n) is 1.96. The van der Waals surface area contributed by atoms with Crippen LogP contribution in [0.3, 0.4) is 0 Å². The summed E-state index contributed by atoms with van der Waals surface area (Å²) in [6.07, 6.45) is 0.412. The van der Waals surface area contributed by atoms with Gasteiger partial charge in [-0.25, -0.2) is 0 Å². The molecule has 0 saturated heterocycles. The van der Waals surface area contributed by atoms with Gasteiger partial charge in [0.15, 0.2) is 0 Å². The molecule has 0 radical (unpaired) electrons. The van der Waals surface area contributed by atoms with E-state index >= 15 is 0 Å². The average molecular weight is 381 g/mol. The highest BCUT2D eigenvalue weighted by Crippen LogP contribution is 2.25. The van der Waals surface area contributed by atoms with Gasteiger partial charge in [0.25, 0.3) is 0 Å². The van der Waals surface area contributed by atoms with Crippen LogP contribution >= 0.6 is 23.2 Å². The minimum atomic E-state index is -0.880. The van der Waals surface area contributed by atoms with Gasteiger partial charge in [-0.3, -0.25) is 14.4 Å². The molecule has 0 unspecified atom stereocenters. The second kappa shape index (κ2) is 8.50. The molecular formula is C17H14Cl2N2O4. The molecule has 0 spiro atoms. The van der Waals surface area contributed by atoms with Crippen LogP contribution in [0.15, 0.2) is 42.5 Å². The highest BCUT2D eigenvalue weighted by Gasteiger charge is 2.15. The summed E-state index contributed by atoms with van der Waals surface area (Å²) in [4.78, 5) is 34.4. The molecule has 0 aliphatic rings. The highest BCUT2D eigenvalue weighted by molar-refractivity contribution is 6.45. The highest BCUT2D eigenvalue weighted by atomic mass is 35.5. The van der Waals surface area contributed by atoms with Crippen molar-refractivity contribution in [1.82, 2.24) is 0 Å². The molecule has 6 nitrogen and oxygen atoms in total. The van der Waals surface area contributed by atoms with E-state index in [0.29, 0.717) is 17.1 Å². The Morgan fingerprint density at radius 1 is 0.920 bits per heavy atom. The monoisotopic (exact) mass is 380 g/mol. The minimum Gasteiger partial charge on any atom is -0.481 e. The fourth-order valence-corrected chi connectivity index (χ4v) is 2.42. The smallest absolute Gasteiger partial charge is 0.314 e. The molecule has 0 fully saturated rings. The summed E-state index contributed by atoms with van der Waals surface area (Å²) in [7, 11) is 0. The van der Waals surface area contributed by atoms with Crippen molar-refractivity contribution >= 4 is 52.4 Å². The molecule has 0 bridgehead atoms. The van der Waals surface area contributed by atoms with Crippen LogP contribution in [0.4, 0.5) is 11.4 Å². The number of hydrogen-bond acceptors (Lipinski definition) is 3. The third kappa shape index (κ3) is 5.77. The SMILES string of the molecule is O=C(O)CCc1ccc(NC(=O)C(=O)Nc2ccc(Cl)cc2Cl)cc1. The second-order valence-corrected chi connectivity index (χ2v) is 5.97. The number of anilines is 2. The molecule has 2 amide bonds. The number of hydrogen-bond donors (Lipinski definition) is 3. The van der Waals surface area contributed by atoms with Gasteiger partial charge >= 0.3 is 17.8 Å². The number of carboxylic acids is 1. The lowest BCUT2D eigenvalue weighted by molar-refractivity contribution is -0.137. The number of amides is 2. The molecule has 0 aromatic heterocycles. The Hall–Kier alpha value is -2.57. The zero-order chi connectivity index (χ0) is 18.4. The number of halogens is 2. The molecule has 3 N–H and O–H groups in total. The molecule has 0 aliphatic carbocycles. The van der Waals surface area contributed by atoms with Crippen molar-refractivity contribution in [3.63, 3.8) is 0 Å². The molecule has 25 heavy (non-hydrogen) atoms. The van der Waals surface area contributed by atoms with Crippen molar-refractivity contribution in [3.8, 4) is 0 Å². The van der Waals surface area contributed by atoms with Crippen LogP contribution in [0.1, 0.15) is 12.0 Å². The molecular weight excluding hydrogens is 367 g/mol. The molecule has 0 aliphatic heterocycles. The maximum absolute atomic E-state index is 11.9. The van der Waals surface area contributed by atoms with E-state index in [-0.39, 0.29) is 17.1 Å². The van der Waals surface area contributed by atoms with E-state index in [4.69, 9.17) is 28.3 Å². The number of nitrogens with one attached hydrogen (secondary N) is 2. The minimum absolute atomic E-state index is 0.0238. The number of aryl methyl sites for hydroxylation is 1. The van der Waals surface area contributed by atoms with E-state index in [1.54, 1.807) is 24.3 Å². The van der Waals surface area contributed by atoms with Crippen molar-refractivity contribution < 1.29 is 19.5 Å². The summed E-state index contributed by atoms with van der Waals surface area (Å²) in [5, 5.41) is 14.1. The summed E-state index contributed by atoms with van der Waals surface area (Å²) in [6, 6.07) is 11.0. The molecule has 0 atom stereocenters. The van der Waals surface area contributed by atoms with Crippen LogP contribution in [0.25, 0.3) is 0 Å². The van der Waals surface area contributed by atoms with Crippen LogP contribution in [0, 0.1) is 0 Å². The fraction of sp³-hybridized carbons (Fsp3) is 0.118. The van der Waals surface area contributed by atoms with Gasteiger partial charge in [-0.2, -0.15) is 0 Å². The standard InChI is InChI=1S/C17H14Cl2N2O4/c18-11-4-7-14(13(19)9-11)21-17(25)16(24)20-12-5-1-10(2-6-12)3-8-15(22)23/h1-2,4-7,9H,3,8H2,(H,20,24)(H,21,25)(H,22,23). The number of carbonyl (C=O) groups excluding carboxylic acids is 2. The van der Waals surface area contributed by atoms with Crippen LogP contribution in [0.2, 0.25) is 10.0 Å². The van der Waals surface area contributed by atoms with Crippen molar-refractivity contribution in [2.75, 3.05) is 10.6 Å². The third-order valence-corrected chi connectivity index (χ3v) is 3.77. The Morgan fingerprint density at radius 3 is 2.16 bits per heavy atom. The lowest BCUT2D eigenvalue weighted by Gasteiger charge is -2.08. The van der Waals surface area contributed by atoms with Gasteiger partial charge in [-0.15, -0.1) is 0 Å². The Balaban J connectivity index is 1.94. The van der Waals surface area contributed by atoms with Crippen molar-refractivity contribution in [1.29, 1.82) is 0 Å². The predicted molar refractivity (Wildman–Crippen MR) is 96.1 cm³/mol. The molecule has 0 saturated carbocycles. The first-order valence-corrected chi connectivity index (χ1v) is 7.99. The van der Waals surface area contributed by atoms with Gasteiger partial charge in [-0.05, 0) is 42.3 Å². The van der Waals surface area contributed by atoms with Gasteiger partial charge in [0.05, 0.1) is 10.7 Å². The van der Waals surface area contributed by atoms with E-state index in [1.165, 1.54) is 18.2 Å². The topological polar surface area (TPSA) is 95.5 Å². The summed E-state index contributed by atoms with van der Waals surface area (Å²) in [5.41, 5.74) is 1.51. The molecule has 0 heterocycles. The summed E-state index contributed by atoms with van der Waals surface area (Å²) >= 11 is 11.7. The molecule has 2 aromatic rings. The first kappa shape index (κ1) is 18.8. The number of rotatable bonds is 5. The third-order valence-electron chi connectivity index (χ3n) is 3.22. The van der Waals surface area contributed by atoms with E-state index < -0.39 is 17.8 Å². The largest absolute Gasteiger partial charge is 0.481 e. The van der Waals surface area contributed by atoms with Gasteiger partial charge in [0.2, 0.25) is 0 Å². The molecule has 2 aromatic carbocycles. The molecule has 2 rings (SSSR count). The lowest BCUT2D eigenvalue weighted by atomic mass is 10.1. The Kier molecular flexibility index (Phi) is 6.38. The molecule has 8 heteroatoms. The number of aliphatic carboxylic acids is 1. The quantitative estimate of drug-likeness (QED) is 0.690. The zero-order valence-electron chi connectivity index (χ0n) is 12.9. The van der Waals surface area contributed by atoms with Crippen molar-refractivity contribution in [2.45, 2.75) is 12.8 Å². The first-order chi connectivity index (χ1) is 11.8. The average Bonchev–Trinajstić information content (AvgIpc) is 2.56. The van der Waals surface area contributed by atoms with E-state index in [9.17, 15) is 14.4 Å². The lowest BCUT2D eigenvalue weighted by Crippen LogP contribution is -2.29. The van der Waals surface area contributed by atoms with Crippen molar-refractivity contribution in [2.24, 2.45) is 0 Å². The number of carbonyl (C=O) groups is 3. The van der Waals surface area contributed by atoms with Crippen LogP contribution in [0.5, 0.6) is 0 Å². The van der Waals surface area contributed by atoms with E-state index in [2.05, 4.69) is 10.6 Å². The van der Waals surface area contributed by atoms with Crippen LogP contribution in [-0.2, 0) is 20.8 Å². The van der Waals surface area contributed by atoms with Crippen LogP contribution < -0.4 is 10.6 Å². The van der Waals surface area contributed by atoms with E-state index in [1.807, 2.05) is 0 Å². The molecule has 130 valence electrons. The summed E-state index contributed by atoms with van der Waals surface area (Å²) < 4.78 is 0. The Morgan fingerprint density at radius 2 is 1.56 bits per heavy atom. The van der Waals surface area contributed by atoms with Gasteiger partial charge in [0, 0.05) is 17.1 Å². The first-order valence-electron chi connectivity index (χ1n) is 7.23. The Bertz CT molecular complexity index is 807. The summed E-state index contributed by atoms with van der Waals surface area (Å²) in [6.45, 7) is 0. The normalized spacial score (nSPS) is 10.2. The van der Waals surface area contributed by atoms with Gasteiger partial charge in [0.1, 0.15) is 0 Å². The zero-order valence-corrected chi connectivity index (χ0v) is 14.4. The van der Waals surface area contributed by atoms with Crippen molar-refractivity contribution in [3.05, 3.63) is 58.1 Å². The number of carboxylic acid groups (broad SMARTS) is 1. The maximum atomic E-state index is 11.9.